The van der Waals surface area contributed by atoms with E-state index in [4.69, 9.17) is 4.74 Å². The molecule has 0 aromatic heterocycles. The monoisotopic (exact) mass is 336 g/mol. The van der Waals surface area contributed by atoms with Crippen LogP contribution in [0.3, 0.4) is 0 Å². The Labute approximate surface area is 150 Å². The molecule has 0 bridgehead atoms. The predicted molar refractivity (Wildman–Crippen MR) is 108 cm³/mol. The molecule has 0 N–H and O–H groups in total. The summed E-state index contributed by atoms with van der Waals surface area (Å²) in [6.07, 6.45) is 0. The normalized spacial score (nSPS) is 11.4. The average Bonchev–Trinajstić information content (AvgIpc) is 2.67. The summed E-state index contributed by atoms with van der Waals surface area (Å²) in [7, 11) is 0. The van der Waals surface area contributed by atoms with Gasteiger partial charge in [-0.25, -0.2) is 0 Å². The van der Waals surface area contributed by atoms with Crippen molar-refractivity contribution in [2.24, 2.45) is 0 Å². The largest absolute Gasteiger partial charge is 0.426 e. The molecule has 0 saturated carbocycles. The highest BCUT2D eigenvalue weighted by Gasteiger charge is 2.13. The first-order valence-corrected chi connectivity index (χ1v) is 8.67. The van der Waals surface area contributed by atoms with Gasteiger partial charge in [0.05, 0.1) is 0 Å². The zero-order chi connectivity index (χ0) is 17.7. The highest BCUT2D eigenvalue weighted by molar-refractivity contribution is 6.28. The van der Waals surface area contributed by atoms with Gasteiger partial charge >= 0.3 is 5.97 Å². The van der Waals surface area contributed by atoms with E-state index in [9.17, 15) is 4.79 Å². The van der Waals surface area contributed by atoms with Gasteiger partial charge in [0.1, 0.15) is 5.75 Å². The number of carbonyl (C=O) groups is 1. The smallest absolute Gasteiger partial charge is 0.308 e. The van der Waals surface area contributed by atoms with Crippen molar-refractivity contribution >= 4 is 49.1 Å². The van der Waals surface area contributed by atoms with Gasteiger partial charge in [0.15, 0.2) is 0 Å². The van der Waals surface area contributed by atoms with Crippen LogP contribution in [0.4, 0.5) is 0 Å². The highest BCUT2D eigenvalue weighted by Crippen LogP contribution is 2.40. The van der Waals surface area contributed by atoms with Crippen molar-refractivity contribution in [2.45, 2.75) is 6.92 Å². The van der Waals surface area contributed by atoms with E-state index in [1.807, 2.05) is 24.3 Å². The fraction of sp³-hybridized carbons (Fsp3) is 0.0417. The number of hydrogen-bond donors (Lipinski definition) is 0. The van der Waals surface area contributed by atoms with E-state index in [0.717, 1.165) is 16.2 Å². The molecule has 2 nitrogen and oxygen atoms in total. The van der Waals surface area contributed by atoms with Gasteiger partial charge in [-0.1, -0.05) is 72.8 Å². The van der Waals surface area contributed by atoms with Gasteiger partial charge in [0.2, 0.25) is 0 Å². The summed E-state index contributed by atoms with van der Waals surface area (Å²) in [5, 5.41) is 9.24. The lowest BCUT2D eigenvalue weighted by Gasteiger charge is -2.13. The highest BCUT2D eigenvalue weighted by atomic mass is 16.5. The molecule has 0 spiro atoms. The molecule has 0 radical (unpaired) electrons. The van der Waals surface area contributed by atoms with Crippen LogP contribution in [0.15, 0.2) is 78.9 Å². The van der Waals surface area contributed by atoms with E-state index in [1.165, 1.54) is 33.9 Å². The number of esters is 1. The quantitative estimate of drug-likeness (QED) is 0.206. The van der Waals surface area contributed by atoms with Crippen LogP contribution in [0.25, 0.3) is 43.1 Å². The van der Waals surface area contributed by atoms with Gasteiger partial charge in [-0.3, -0.25) is 4.79 Å². The minimum atomic E-state index is -0.305. The molecule has 0 unspecified atom stereocenters. The summed E-state index contributed by atoms with van der Waals surface area (Å²) < 4.78 is 5.50. The Hall–Kier alpha value is -3.39. The minimum Gasteiger partial charge on any atom is -0.426 e. The zero-order valence-electron chi connectivity index (χ0n) is 14.3. The van der Waals surface area contributed by atoms with Crippen LogP contribution >= 0.6 is 0 Å². The average molecular weight is 336 g/mol. The van der Waals surface area contributed by atoms with E-state index < -0.39 is 0 Å². The number of ether oxygens (including phenoxy) is 1. The summed E-state index contributed by atoms with van der Waals surface area (Å²) in [4.78, 5) is 11.6. The van der Waals surface area contributed by atoms with Crippen LogP contribution in [-0.4, -0.2) is 5.97 Å². The van der Waals surface area contributed by atoms with Gasteiger partial charge in [0, 0.05) is 12.3 Å². The number of fused-ring (bicyclic) bond motifs is 7. The Morgan fingerprint density at radius 3 is 2.00 bits per heavy atom. The maximum Gasteiger partial charge on any atom is 0.308 e. The molecule has 2 heteroatoms. The standard InChI is InChI=1S/C24H16O2/c1-15(25)26-22-14-18-13-12-17-11-10-16-6-2-3-7-19(16)23(17)24(18)21-9-5-4-8-20(21)22/h2-14H,1H3. The fourth-order valence-corrected chi connectivity index (χ4v) is 3.90. The van der Waals surface area contributed by atoms with Crippen LogP contribution in [0.5, 0.6) is 5.75 Å². The van der Waals surface area contributed by atoms with Crippen LogP contribution in [0.2, 0.25) is 0 Å². The molecule has 0 atom stereocenters. The lowest BCUT2D eigenvalue weighted by molar-refractivity contribution is -0.131. The second kappa shape index (κ2) is 5.57. The molecule has 5 rings (SSSR count). The lowest BCUT2D eigenvalue weighted by atomic mass is 9.92. The molecule has 5 aromatic carbocycles. The third-order valence-corrected chi connectivity index (χ3v) is 4.94. The van der Waals surface area contributed by atoms with E-state index in [0.29, 0.717) is 5.75 Å². The van der Waals surface area contributed by atoms with Gasteiger partial charge in [-0.15, -0.1) is 0 Å². The van der Waals surface area contributed by atoms with Crippen molar-refractivity contribution in [3.8, 4) is 5.75 Å². The molecule has 0 aliphatic carbocycles. The Morgan fingerprint density at radius 2 is 1.23 bits per heavy atom. The molecule has 124 valence electrons. The molecule has 5 aromatic rings. The van der Waals surface area contributed by atoms with Crippen molar-refractivity contribution in [3.63, 3.8) is 0 Å². The van der Waals surface area contributed by atoms with E-state index in [-0.39, 0.29) is 5.97 Å². The van der Waals surface area contributed by atoms with Gasteiger partial charge in [0.25, 0.3) is 0 Å². The SMILES string of the molecule is CC(=O)Oc1cc2ccc3ccc4ccccc4c3c2c2ccccc12. The summed E-state index contributed by atoms with van der Waals surface area (Å²) in [6.45, 7) is 1.44. The minimum absolute atomic E-state index is 0.305. The molecular weight excluding hydrogens is 320 g/mol. The Morgan fingerprint density at radius 1 is 0.654 bits per heavy atom. The maximum atomic E-state index is 11.6. The Kier molecular flexibility index (Phi) is 3.19. The van der Waals surface area contributed by atoms with Crippen molar-refractivity contribution in [3.05, 3.63) is 78.9 Å². The van der Waals surface area contributed by atoms with Crippen LogP contribution < -0.4 is 4.74 Å². The number of carbonyl (C=O) groups excluding carboxylic acids is 1. The Bertz CT molecular complexity index is 1330. The van der Waals surface area contributed by atoms with Crippen LogP contribution in [0, 0.1) is 0 Å². The third kappa shape index (κ3) is 2.16. The molecule has 0 heterocycles. The van der Waals surface area contributed by atoms with Crippen molar-refractivity contribution in [2.75, 3.05) is 0 Å². The molecule has 0 aliphatic heterocycles. The lowest BCUT2D eigenvalue weighted by Crippen LogP contribution is -2.02. The molecule has 26 heavy (non-hydrogen) atoms. The first-order valence-electron chi connectivity index (χ1n) is 8.67. The fourth-order valence-electron chi connectivity index (χ4n) is 3.90. The topological polar surface area (TPSA) is 26.3 Å². The van der Waals surface area contributed by atoms with Gasteiger partial charge in [-0.05, 0) is 43.8 Å². The second-order valence-corrected chi connectivity index (χ2v) is 6.56. The van der Waals surface area contributed by atoms with Crippen LogP contribution in [-0.2, 0) is 4.79 Å². The Balaban J connectivity index is 2.06. The molecule has 0 saturated heterocycles. The molecule has 0 amide bonds. The van der Waals surface area contributed by atoms with Gasteiger partial charge < -0.3 is 4.74 Å². The number of benzene rings is 5. The molecule has 0 fully saturated rings. The molecular formula is C24H16O2. The maximum absolute atomic E-state index is 11.6. The molecule has 0 aliphatic rings. The number of hydrogen-bond acceptors (Lipinski definition) is 2. The van der Waals surface area contributed by atoms with E-state index in [2.05, 4.69) is 54.6 Å². The predicted octanol–water partition coefficient (Wildman–Crippen LogP) is 6.22. The van der Waals surface area contributed by atoms with Crippen molar-refractivity contribution in [1.29, 1.82) is 0 Å². The summed E-state index contributed by atoms with van der Waals surface area (Å²) in [5.74, 6) is 0.306. The third-order valence-electron chi connectivity index (χ3n) is 4.94. The first kappa shape index (κ1) is 14.9. The summed E-state index contributed by atoms with van der Waals surface area (Å²) >= 11 is 0. The van der Waals surface area contributed by atoms with Crippen LogP contribution in [0.1, 0.15) is 6.92 Å². The summed E-state index contributed by atoms with van der Waals surface area (Å²) in [5.41, 5.74) is 0. The summed E-state index contributed by atoms with van der Waals surface area (Å²) in [6, 6.07) is 27.1. The number of rotatable bonds is 1. The van der Waals surface area contributed by atoms with E-state index in [1.54, 1.807) is 0 Å². The zero-order valence-corrected chi connectivity index (χ0v) is 14.3. The van der Waals surface area contributed by atoms with Crippen molar-refractivity contribution in [1.82, 2.24) is 0 Å². The van der Waals surface area contributed by atoms with Gasteiger partial charge in [-0.2, -0.15) is 0 Å². The van der Waals surface area contributed by atoms with Crippen molar-refractivity contribution < 1.29 is 9.53 Å². The second-order valence-electron chi connectivity index (χ2n) is 6.56. The first-order chi connectivity index (χ1) is 12.7. The van der Waals surface area contributed by atoms with E-state index >= 15 is 0 Å².